The minimum absolute atomic E-state index is 0.159. The number of rotatable bonds is 2. The molecule has 4 nitrogen and oxygen atoms in total. The van der Waals surface area contributed by atoms with Crippen molar-refractivity contribution in [2.24, 2.45) is 0 Å². The molecule has 0 aromatic heterocycles. The Morgan fingerprint density at radius 3 is 2.54 bits per heavy atom. The Balaban J connectivity index is 1.61. The molecule has 3 rings (SSSR count). The van der Waals surface area contributed by atoms with Gasteiger partial charge in [-0.15, -0.1) is 0 Å². The number of piperazine rings is 1. The highest BCUT2D eigenvalue weighted by molar-refractivity contribution is 6.31. The summed E-state index contributed by atoms with van der Waals surface area (Å²) in [5, 5.41) is 3.48. The number of benzene rings is 2. The van der Waals surface area contributed by atoms with Crippen molar-refractivity contribution in [3.05, 3.63) is 58.9 Å². The van der Waals surface area contributed by atoms with Crippen LogP contribution in [0.4, 0.5) is 20.6 Å². The molecular formula is C18H19ClFN3O. The van der Waals surface area contributed by atoms with Crippen molar-refractivity contribution in [2.75, 3.05) is 36.4 Å². The summed E-state index contributed by atoms with van der Waals surface area (Å²) in [4.78, 5) is 16.1. The first-order valence-electron chi connectivity index (χ1n) is 7.86. The van der Waals surface area contributed by atoms with E-state index in [9.17, 15) is 9.18 Å². The van der Waals surface area contributed by atoms with Crippen molar-refractivity contribution in [3.63, 3.8) is 0 Å². The van der Waals surface area contributed by atoms with Crippen LogP contribution < -0.4 is 10.2 Å². The molecule has 1 saturated heterocycles. The molecule has 24 heavy (non-hydrogen) atoms. The highest BCUT2D eigenvalue weighted by atomic mass is 35.5. The highest BCUT2D eigenvalue weighted by Crippen LogP contribution is 2.22. The Hall–Kier alpha value is -2.27. The lowest BCUT2D eigenvalue weighted by atomic mass is 10.2. The van der Waals surface area contributed by atoms with Crippen molar-refractivity contribution in [3.8, 4) is 0 Å². The molecule has 2 amide bonds. The topological polar surface area (TPSA) is 35.6 Å². The molecule has 1 aliphatic heterocycles. The van der Waals surface area contributed by atoms with Gasteiger partial charge in [-0.1, -0.05) is 29.8 Å². The Morgan fingerprint density at radius 2 is 1.83 bits per heavy atom. The Morgan fingerprint density at radius 1 is 1.12 bits per heavy atom. The first-order valence-corrected chi connectivity index (χ1v) is 8.24. The maximum Gasteiger partial charge on any atom is 0.321 e. The van der Waals surface area contributed by atoms with E-state index in [0.717, 1.165) is 5.56 Å². The fraction of sp³-hybridized carbons (Fsp3) is 0.278. The van der Waals surface area contributed by atoms with E-state index in [1.54, 1.807) is 29.2 Å². The summed E-state index contributed by atoms with van der Waals surface area (Å²) in [5.74, 6) is -0.232. The maximum atomic E-state index is 13.9. The SMILES string of the molecule is Cc1ccc(Cl)cc1NC(=O)N1CCN(c2ccccc2F)CC1. The summed E-state index contributed by atoms with van der Waals surface area (Å²) in [6, 6.07) is 12.0. The molecule has 0 unspecified atom stereocenters. The van der Waals surface area contributed by atoms with Crippen LogP contribution in [0.25, 0.3) is 0 Å². The Labute approximate surface area is 145 Å². The van der Waals surface area contributed by atoms with Crippen molar-refractivity contribution in [1.29, 1.82) is 0 Å². The molecule has 0 bridgehead atoms. The molecule has 1 aliphatic rings. The van der Waals surface area contributed by atoms with E-state index in [1.165, 1.54) is 6.07 Å². The lowest BCUT2D eigenvalue weighted by molar-refractivity contribution is 0.208. The van der Waals surface area contributed by atoms with Crippen molar-refractivity contribution in [2.45, 2.75) is 6.92 Å². The highest BCUT2D eigenvalue weighted by Gasteiger charge is 2.23. The Kier molecular flexibility index (Phi) is 4.90. The Bertz CT molecular complexity index is 745. The van der Waals surface area contributed by atoms with Gasteiger partial charge in [-0.05, 0) is 36.8 Å². The van der Waals surface area contributed by atoms with E-state index >= 15 is 0 Å². The summed E-state index contributed by atoms with van der Waals surface area (Å²) in [6.45, 7) is 4.20. The molecule has 2 aromatic rings. The van der Waals surface area contributed by atoms with Crippen LogP contribution in [0.5, 0.6) is 0 Å². The fourth-order valence-electron chi connectivity index (χ4n) is 2.78. The van der Waals surface area contributed by atoms with Gasteiger partial charge in [0.15, 0.2) is 0 Å². The van der Waals surface area contributed by atoms with Crippen LogP contribution >= 0.6 is 11.6 Å². The molecule has 0 aliphatic carbocycles. The predicted molar refractivity (Wildman–Crippen MR) is 95.4 cm³/mol. The van der Waals surface area contributed by atoms with Gasteiger partial charge in [0.2, 0.25) is 0 Å². The van der Waals surface area contributed by atoms with E-state index in [1.807, 2.05) is 24.0 Å². The summed E-state index contributed by atoms with van der Waals surface area (Å²) < 4.78 is 13.9. The lowest BCUT2D eigenvalue weighted by Gasteiger charge is -2.36. The van der Waals surface area contributed by atoms with Crippen LogP contribution in [0.2, 0.25) is 5.02 Å². The van der Waals surface area contributed by atoms with Gasteiger partial charge >= 0.3 is 6.03 Å². The number of carbonyl (C=O) groups is 1. The van der Waals surface area contributed by atoms with Crippen molar-refractivity contribution in [1.82, 2.24) is 4.90 Å². The molecule has 2 aromatic carbocycles. The molecule has 0 radical (unpaired) electrons. The number of amides is 2. The number of carbonyl (C=O) groups excluding carboxylic acids is 1. The largest absolute Gasteiger partial charge is 0.366 e. The first kappa shape index (κ1) is 16.6. The van der Waals surface area contributed by atoms with Crippen molar-refractivity contribution < 1.29 is 9.18 Å². The van der Waals surface area contributed by atoms with Crippen LogP contribution in [0.3, 0.4) is 0 Å². The average Bonchev–Trinajstić information content (AvgIpc) is 2.59. The third-order valence-electron chi connectivity index (χ3n) is 4.20. The smallest absolute Gasteiger partial charge is 0.321 e. The number of halogens is 2. The number of anilines is 2. The van der Waals surface area contributed by atoms with Crippen LogP contribution in [-0.2, 0) is 0 Å². The molecule has 0 atom stereocenters. The van der Waals surface area contributed by atoms with Gasteiger partial charge in [-0.2, -0.15) is 0 Å². The van der Waals surface area contributed by atoms with Gasteiger partial charge in [-0.3, -0.25) is 0 Å². The second-order valence-electron chi connectivity index (χ2n) is 5.81. The van der Waals surface area contributed by atoms with Gasteiger partial charge in [-0.25, -0.2) is 9.18 Å². The molecule has 1 heterocycles. The zero-order valence-corrected chi connectivity index (χ0v) is 14.2. The number of hydrogen-bond donors (Lipinski definition) is 1. The fourth-order valence-corrected chi connectivity index (χ4v) is 2.95. The summed E-state index contributed by atoms with van der Waals surface area (Å²) in [5.41, 5.74) is 2.25. The molecule has 1 fully saturated rings. The zero-order valence-electron chi connectivity index (χ0n) is 13.4. The molecular weight excluding hydrogens is 329 g/mol. The minimum atomic E-state index is -0.232. The zero-order chi connectivity index (χ0) is 17.1. The van der Waals surface area contributed by atoms with E-state index in [-0.39, 0.29) is 11.8 Å². The number of urea groups is 1. The number of nitrogens with zero attached hydrogens (tertiary/aromatic N) is 2. The third kappa shape index (κ3) is 3.62. The maximum absolute atomic E-state index is 13.9. The van der Waals surface area contributed by atoms with E-state index in [4.69, 9.17) is 11.6 Å². The first-order chi connectivity index (χ1) is 11.5. The van der Waals surface area contributed by atoms with Gasteiger partial charge in [0, 0.05) is 36.9 Å². The van der Waals surface area contributed by atoms with E-state index in [2.05, 4.69) is 5.32 Å². The standard InChI is InChI=1S/C18H19ClFN3O/c1-13-6-7-14(19)12-16(13)21-18(24)23-10-8-22(9-11-23)17-5-3-2-4-15(17)20/h2-7,12H,8-11H2,1H3,(H,21,24). The molecule has 0 saturated carbocycles. The minimum Gasteiger partial charge on any atom is -0.366 e. The summed E-state index contributed by atoms with van der Waals surface area (Å²) >= 11 is 5.98. The normalized spacial score (nSPS) is 14.6. The van der Waals surface area contributed by atoms with Crippen LogP contribution in [0.15, 0.2) is 42.5 Å². The molecule has 126 valence electrons. The van der Waals surface area contributed by atoms with Gasteiger partial charge in [0.05, 0.1) is 5.69 Å². The molecule has 0 spiro atoms. The van der Waals surface area contributed by atoms with E-state index in [0.29, 0.717) is 42.6 Å². The van der Waals surface area contributed by atoms with Crippen LogP contribution in [0.1, 0.15) is 5.56 Å². The monoisotopic (exact) mass is 347 g/mol. The van der Waals surface area contributed by atoms with Gasteiger partial charge in [0.1, 0.15) is 5.82 Å². The number of para-hydroxylation sites is 1. The van der Waals surface area contributed by atoms with Crippen molar-refractivity contribution >= 4 is 29.0 Å². The van der Waals surface area contributed by atoms with Crippen LogP contribution in [0, 0.1) is 12.7 Å². The summed E-state index contributed by atoms with van der Waals surface area (Å²) in [7, 11) is 0. The lowest BCUT2D eigenvalue weighted by Crippen LogP contribution is -2.50. The predicted octanol–water partition coefficient (Wildman–Crippen LogP) is 4.14. The molecule has 1 N–H and O–H groups in total. The second-order valence-corrected chi connectivity index (χ2v) is 6.25. The average molecular weight is 348 g/mol. The van der Waals surface area contributed by atoms with Gasteiger partial charge in [0.25, 0.3) is 0 Å². The number of nitrogens with one attached hydrogen (secondary N) is 1. The number of aryl methyl sites for hydroxylation is 1. The summed E-state index contributed by atoms with van der Waals surface area (Å²) in [6.07, 6.45) is 0. The number of hydrogen-bond acceptors (Lipinski definition) is 2. The molecule has 6 heteroatoms. The van der Waals surface area contributed by atoms with Gasteiger partial charge < -0.3 is 15.1 Å². The second kappa shape index (κ2) is 7.09. The van der Waals surface area contributed by atoms with E-state index < -0.39 is 0 Å². The van der Waals surface area contributed by atoms with Crippen LogP contribution in [-0.4, -0.2) is 37.1 Å². The quantitative estimate of drug-likeness (QED) is 0.886. The third-order valence-corrected chi connectivity index (χ3v) is 4.44.